The maximum absolute atomic E-state index is 12.7. The number of rotatable bonds is 14. The molecule has 40 heavy (non-hydrogen) atoms. The molecule has 0 saturated heterocycles. The summed E-state index contributed by atoms with van der Waals surface area (Å²) in [7, 11) is -0.287. The maximum Gasteiger partial charge on any atom is 0.326 e. The van der Waals surface area contributed by atoms with Gasteiger partial charge in [-0.3, -0.25) is 9.59 Å². The summed E-state index contributed by atoms with van der Waals surface area (Å²) < 4.78 is 0. The van der Waals surface area contributed by atoms with Gasteiger partial charge >= 0.3 is 5.97 Å². The van der Waals surface area contributed by atoms with E-state index in [0.29, 0.717) is 41.8 Å². The van der Waals surface area contributed by atoms with Crippen LogP contribution in [0.15, 0.2) is 30.5 Å². The molecule has 0 fully saturated rings. The number of amides is 1. The van der Waals surface area contributed by atoms with E-state index >= 15 is 0 Å². The van der Waals surface area contributed by atoms with Gasteiger partial charge in [0, 0.05) is 31.1 Å². The maximum atomic E-state index is 12.7. The Morgan fingerprint density at radius 1 is 1.05 bits per heavy atom. The van der Waals surface area contributed by atoms with Gasteiger partial charge in [0.05, 0.1) is 18.4 Å². The van der Waals surface area contributed by atoms with Gasteiger partial charge in [0.1, 0.15) is 11.8 Å². The molecule has 0 aliphatic carbocycles. The van der Waals surface area contributed by atoms with Gasteiger partial charge in [0.2, 0.25) is 5.95 Å². The van der Waals surface area contributed by atoms with Crippen LogP contribution in [-0.2, 0) is 16.1 Å². The number of carbonyl (C=O) groups is 3. The van der Waals surface area contributed by atoms with E-state index in [2.05, 4.69) is 25.3 Å². The number of hydrogen-bond acceptors (Lipinski definition) is 11. The highest BCUT2D eigenvalue weighted by Gasteiger charge is 2.22. The van der Waals surface area contributed by atoms with E-state index < -0.39 is 26.2 Å². The van der Waals surface area contributed by atoms with Crippen molar-refractivity contribution in [3.8, 4) is 0 Å². The van der Waals surface area contributed by atoms with Crippen molar-refractivity contribution in [3.05, 3.63) is 41.7 Å². The van der Waals surface area contributed by atoms with Gasteiger partial charge in [0.25, 0.3) is 5.91 Å². The normalized spacial score (nSPS) is 12.2. The number of anilines is 3. The Bertz CT molecular complexity index is 1360. The highest BCUT2D eigenvalue weighted by Crippen LogP contribution is 2.19. The van der Waals surface area contributed by atoms with Crippen molar-refractivity contribution in [1.29, 1.82) is 0 Å². The van der Waals surface area contributed by atoms with Gasteiger partial charge in [-0.1, -0.05) is 6.42 Å². The fourth-order valence-corrected chi connectivity index (χ4v) is 5.18. The minimum absolute atomic E-state index is 0.00983. The third-order valence-corrected chi connectivity index (χ3v) is 7.86. The summed E-state index contributed by atoms with van der Waals surface area (Å²) in [5.74, 6) is -1.63. The molecule has 214 valence electrons. The molecule has 1 atom stereocenters. The van der Waals surface area contributed by atoms with Crippen molar-refractivity contribution in [2.24, 2.45) is 0 Å². The number of benzene rings is 1. The average Bonchev–Trinajstić information content (AvgIpc) is 2.88. The van der Waals surface area contributed by atoms with E-state index in [0.717, 1.165) is 18.2 Å². The largest absolute Gasteiger partial charge is 0.480 e. The number of carboxylic acid groups (broad SMARTS) is 1. The summed E-state index contributed by atoms with van der Waals surface area (Å²) in [6, 6.07) is 6.20. The lowest BCUT2D eigenvalue weighted by atomic mass is 10.0. The number of aliphatic carboxylic acids is 1. The average molecular weight is 569 g/mol. The number of ketones is 1. The lowest BCUT2D eigenvalue weighted by Gasteiger charge is -2.19. The Kier molecular flexibility index (Phi) is 10.1. The number of aromatic nitrogens is 4. The predicted octanol–water partition coefficient (Wildman–Crippen LogP) is 2.12. The molecule has 3 aromatic rings. The van der Waals surface area contributed by atoms with E-state index in [1.165, 1.54) is 0 Å². The first-order valence-corrected chi connectivity index (χ1v) is 16.1. The number of unbranched alkanes of at least 4 members (excludes halogenated alkanes) is 1. The molecule has 1 amide bonds. The Morgan fingerprint density at radius 3 is 2.40 bits per heavy atom. The van der Waals surface area contributed by atoms with Crippen LogP contribution in [0.3, 0.4) is 0 Å². The number of nitrogens with zero attached hydrogens (tertiary/aromatic N) is 5. The van der Waals surface area contributed by atoms with Crippen LogP contribution in [0.1, 0.15) is 48.2 Å². The van der Waals surface area contributed by atoms with E-state index in [1.807, 2.05) is 25.0 Å². The molecule has 7 N–H and O–H groups in total. The molecule has 0 unspecified atom stereocenters. The molecule has 2 heterocycles. The van der Waals surface area contributed by atoms with E-state index in [9.17, 15) is 24.3 Å². The van der Waals surface area contributed by atoms with Crippen LogP contribution in [0.5, 0.6) is 0 Å². The fraction of sp³-hybridized carbons (Fsp3) is 0.423. The van der Waals surface area contributed by atoms with E-state index in [-0.39, 0.29) is 30.4 Å². The van der Waals surface area contributed by atoms with Crippen molar-refractivity contribution in [3.63, 3.8) is 0 Å². The Hall–Kier alpha value is -4.17. The molecule has 2 aromatic heterocycles. The van der Waals surface area contributed by atoms with Gasteiger partial charge in [-0.05, 0) is 56.2 Å². The van der Waals surface area contributed by atoms with Crippen LogP contribution in [0.2, 0.25) is 19.1 Å². The zero-order valence-electron chi connectivity index (χ0n) is 22.9. The second-order valence-electron chi connectivity index (χ2n) is 10.4. The fourth-order valence-electron chi connectivity index (χ4n) is 4.07. The first-order valence-electron chi connectivity index (χ1n) is 13.0. The Morgan fingerprint density at radius 2 is 1.75 bits per heavy atom. The zero-order valence-corrected chi connectivity index (χ0v) is 23.9. The van der Waals surface area contributed by atoms with Gasteiger partial charge in [-0.15, -0.1) is 0 Å². The molecule has 0 bridgehead atoms. The minimum Gasteiger partial charge on any atom is -0.480 e. The summed E-state index contributed by atoms with van der Waals surface area (Å²) in [6.07, 6.45) is 3.40. The van der Waals surface area contributed by atoms with E-state index in [1.54, 1.807) is 30.5 Å². The second kappa shape index (κ2) is 13.3. The number of Topliss-reactive ketones (excluding diaryl/α,β-unsaturated/α-hetero) is 1. The van der Waals surface area contributed by atoms with Crippen molar-refractivity contribution in [1.82, 2.24) is 25.3 Å². The monoisotopic (exact) mass is 568 g/mol. The summed E-state index contributed by atoms with van der Waals surface area (Å²) in [5, 5.41) is 12.1. The van der Waals surface area contributed by atoms with Crippen molar-refractivity contribution in [2.45, 2.75) is 63.8 Å². The lowest BCUT2D eigenvalue weighted by Crippen LogP contribution is -2.41. The molecule has 0 aliphatic heterocycles. The molecular weight excluding hydrogens is 532 g/mol. The number of carboxylic acids is 1. The van der Waals surface area contributed by atoms with Gasteiger partial charge < -0.3 is 31.6 Å². The van der Waals surface area contributed by atoms with Crippen LogP contribution in [0.25, 0.3) is 11.2 Å². The second-order valence-corrected chi connectivity index (χ2v) is 14.5. The van der Waals surface area contributed by atoms with Crippen LogP contribution < -0.4 is 21.7 Å². The van der Waals surface area contributed by atoms with Crippen LogP contribution >= 0.6 is 0 Å². The van der Waals surface area contributed by atoms with Crippen LogP contribution in [-0.4, -0.2) is 68.9 Å². The van der Waals surface area contributed by atoms with E-state index in [4.69, 9.17) is 11.5 Å². The summed E-state index contributed by atoms with van der Waals surface area (Å²) in [5.41, 5.74) is 13.8. The first kappa shape index (κ1) is 30.4. The first-order chi connectivity index (χ1) is 18.8. The van der Waals surface area contributed by atoms with Crippen molar-refractivity contribution in [2.75, 3.05) is 23.4 Å². The predicted molar refractivity (Wildman–Crippen MR) is 154 cm³/mol. The number of nitrogens with two attached hydrogens (primary N) is 2. The number of nitrogens with one attached hydrogen (secondary N) is 1. The Labute approximate surface area is 233 Å². The standard InChI is InChI=1S/C26H36N8O5Si/c1-34(15-17-14-29-23-21(30-17)22(27)32-26(28)33-23)18-9-7-16(8-10-18)24(36)31-20(25(37)38)12-11-19(35)6-4-5-13-40(2,3)39/h7-10,14,20,39H,4-6,11-13,15H2,1-3H3,(H,31,36)(H,37,38)(H4,27,28,29,32,33)/t20-/m0/s1. The number of nitrogen functional groups attached to an aromatic ring is 2. The van der Waals surface area contributed by atoms with Gasteiger partial charge in [-0.2, -0.15) is 9.97 Å². The molecule has 0 spiro atoms. The summed E-state index contributed by atoms with van der Waals surface area (Å²) in [4.78, 5) is 65.0. The van der Waals surface area contributed by atoms with Gasteiger partial charge in [0.15, 0.2) is 25.3 Å². The molecule has 0 saturated carbocycles. The molecule has 0 radical (unpaired) electrons. The molecule has 14 heteroatoms. The van der Waals surface area contributed by atoms with Crippen LogP contribution in [0, 0.1) is 0 Å². The quantitative estimate of drug-likeness (QED) is 0.140. The highest BCUT2D eigenvalue weighted by atomic mass is 28.4. The summed E-state index contributed by atoms with van der Waals surface area (Å²) in [6.45, 7) is 4.09. The third-order valence-electron chi connectivity index (χ3n) is 6.28. The number of carbonyl (C=O) groups excluding carboxylic acids is 2. The lowest BCUT2D eigenvalue weighted by molar-refractivity contribution is -0.139. The number of fused-ring (bicyclic) bond motifs is 1. The molecule has 0 aliphatic rings. The van der Waals surface area contributed by atoms with Crippen molar-refractivity contribution < 1.29 is 24.3 Å². The third kappa shape index (κ3) is 8.95. The van der Waals surface area contributed by atoms with Gasteiger partial charge in [-0.25, -0.2) is 14.8 Å². The molecule has 3 rings (SSSR count). The summed E-state index contributed by atoms with van der Waals surface area (Å²) >= 11 is 0. The molecule has 13 nitrogen and oxygen atoms in total. The van der Waals surface area contributed by atoms with Crippen molar-refractivity contribution >= 4 is 54.6 Å². The number of hydrogen-bond donors (Lipinski definition) is 5. The molecular formula is C26H36N8O5Si. The highest BCUT2D eigenvalue weighted by molar-refractivity contribution is 6.69. The topological polar surface area (TPSA) is 211 Å². The zero-order chi connectivity index (χ0) is 29.4. The molecule has 1 aromatic carbocycles. The minimum atomic E-state index is -2.13. The Balaban J connectivity index is 1.54. The SMILES string of the molecule is CN(Cc1cnc2nc(N)nc(N)c2n1)c1ccc(C(=O)N[C@@H](CCC(=O)CCCC[Si](C)(C)O)C(=O)O)cc1. The smallest absolute Gasteiger partial charge is 0.326 e. The van der Waals surface area contributed by atoms with Crippen LogP contribution in [0.4, 0.5) is 17.5 Å².